The zero-order valence-electron chi connectivity index (χ0n) is 36.3. The van der Waals surface area contributed by atoms with Crippen molar-refractivity contribution in [2.75, 3.05) is 40.0 Å². The summed E-state index contributed by atoms with van der Waals surface area (Å²) in [5.41, 5.74) is 0. The monoisotopic (exact) mass is 771 g/mol. The molecule has 0 saturated carbocycles. The van der Waals surface area contributed by atoms with Crippen LogP contribution in [0.1, 0.15) is 233 Å². The third kappa shape index (κ3) is 43.5. The second-order valence-corrected chi connectivity index (χ2v) is 15.8. The standard InChI is InChI=1S/C46H90O8/c1-5-7-9-11-13-15-17-19-21-23-25-29-33-37-49-39-43(3)51-41-53-45(47)35-31-27-28-32-36-46(48)54-42-52-44(4)40-50-38-34-30-26-24-22-20-18-16-14-12-10-8-6-2/h43-44H,5-42H2,1-4H3. The van der Waals surface area contributed by atoms with Gasteiger partial charge in [0.1, 0.15) is 0 Å². The maximum atomic E-state index is 12.0. The molecule has 322 valence electrons. The Morgan fingerprint density at radius 3 is 0.926 bits per heavy atom. The van der Waals surface area contributed by atoms with Crippen molar-refractivity contribution in [1.29, 1.82) is 0 Å². The zero-order valence-corrected chi connectivity index (χ0v) is 36.3. The number of rotatable bonds is 45. The summed E-state index contributed by atoms with van der Waals surface area (Å²) in [6, 6.07) is 0. The molecule has 0 amide bonds. The molecule has 2 atom stereocenters. The quantitative estimate of drug-likeness (QED) is 0.0343. The highest BCUT2D eigenvalue weighted by Crippen LogP contribution is 2.14. The molecule has 0 aliphatic rings. The molecule has 0 radical (unpaired) electrons. The molecule has 0 saturated heterocycles. The molecule has 0 rings (SSSR count). The second-order valence-electron chi connectivity index (χ2n) is 15.8. The van der Waals surface area contributed by atoms with Crippen LogP contribution in [0.3, 0.4) is 0 Å². The third-order valence-electron chi connectivity index (χ3n) is 10.1. The van der Waals surface area contributed by atoms with E-state index in [9.17, 15) is 9.59 Å². The van der Waals surface area contributed by atoms with Gasteiger partial charge in [-0.15, -0.1) is 0 Å². The first-order valence-corrected chi connectivity index (χ1v) is 23.2. The lowest BCUT2D eigenvalue weighted by Crippen LogP contribution is -2.19. The van der Waals surface area contributed by atoms with Gasteiger partial charge in [-0.2, -0.15) is 0 Å². The van der Waals surface area contributed by atoms with Gasteiger partial charge in [0.15, 0.2) is 13.6 Å². The normalized spacial score (nSPS) is 12.6. The molecule has 0 N–H and O–H groups in total. The van der Waals surface area contributed by atoms with E-state index in [1.54, 1.807) is 0 Å². The van der Waals surface area contributed by atoms with Crippen LogP contribution in [-0.4, -0.2) is 64.2 Å². The Bertz CT molecular complexity index is 701. The predicted octanol–water partition coefficient (Wildman–Crippen LogP) is 13.4. The van der Waals surface area contributed by atoms with E-state index >= 15 is 0 Å². The van der Waals surface area contributed by atoms with Gasteiger partial charge in [-0.1, -0.05) is 181 Å². The van der Waals surface area contributed by atoms with Crippen LogP contribution in [0.2, 0.25) is 0 Å². The molecule has 2 unspecified atom stereocenters. The van der Waals surface area contributed by atoms with Crippen LogP contribution < -0.4 is 0 Å². The molecule has 0 spiro atoms. The number of esters is 2. The van der Waals surface area contributed by atoms with E-state index in [0.717, 1.165) is 51.7 Å². The van der Waals surface area contributed by atoms with Crippen LogP contribution in [0.15, 0.2) is 0 Å². The first kappa shape index (κ1) is 52.8. The Kier molecular flexibility index (Phi) is 43.5. The number of ether oxygens (including phenoxy) is 6. The average Bonchev–Trinajstić information content (AvgIpc) is 3.16. The predicted molar refractivity (Wildman–Crippen MR) is 224 cm³/mol. The van der Waals surface area contributed by atoms with Crippen molar-refractivity contribution in [3.05, 3.63) is 0 Å². The molecular formula is C46H90O8. The Morgan fingerprint density at radius 2 is 0.630 bits per heavy atom. The molecule has 8 nitrogen and oxygen atoms in total. The molecule has 0 fully saturated rings. The highest BCUT2D eigenvalue weighted by atomic mass is 16.7. The summed E-state index contributed by atoms with van der Waals surface area (Å²) in [4.78, 5) is 24.0. The Balaban J connectivity index is 3.40. The van der Waals surface area contributed by atoms with E-state index in [1.807, 2.05) is 13.8 Å². The molecule has 8 heteroatoms. The minimum Gasteiger partial charge on any atom is -0.438 e. The molecule has 0 aromatic heterocycles. The van der Waals surface area contributed by atoms with Crippen molar-refractivity contribution in [2.45, 2.75) is 245 Å². The average molecular weight is 771 g/mol. The zero-order chi connectivity index (χ0) is 39.4. The van der Waals surface area contributed by atoms with Gasteiger partial charge in [-0.05, 0) is 39.5 Å². The van der Waals surface area contributed by atoms with Crippen molar-refractivity contribution in [1.82, 2.24) is 0 Å². The lowest BCUT2D eigenvalue weighted by Gasteiger charge is -2.14. The summed E-state index contributed by atoms with van der Waals surface area (Å²) >= 11 is 0. The highest BCUT2D eigenvalue weighted by molar-refractivity contribution is 5.69. The van der Waals surface area contributed by atoms with E-state index in [0.29, 0.717) is 26.1 Å². The lowest BCUT2D eigenvalue weighted by atomic mass is 10.0. The summed E-state index contributed by atoms with van der Waals surface area (Å²) in [6.45, 7) is 10.9. The molecule has 0 aliphatic heterocycles. The number of carbonyl (C=O) groups excluding carboxylic acids is 2. The molecule has 0 bridgehead atoms. The first-order chi connectivity index (χ1) is 26.5. The van der Waals surface area contributed by atoms with E-state index < -0.39 is 0 Å². The van der Waals surface area contributed by atoms with Gasteiger partial charge in [-0.3, -0.25) is 9.59 Å². The number of hydrogen-bond donors (Lipinski definition) is 0. The van der Waals surface area contributed by atoms with Crippen molar-refractivity contribution in [3.8, 4) is 0 Å². The fraction of sp³-hybridized carbons (Fsp3) is 0.957. The summed E-state index contributed by atoms with van der Waals surface area (Å²) in [6.07, 6.45) is 38.6. The molecule has 0 heterocycles. The van der Waals surface area contributed by atoms with Gasteiger partial charge in [0.25, 0.3) is 0 Å². The number of hydrogen-bond acceptors (Lipinski definition) is 8. The topological polar surface area (TPSA) is 89.5 Å². The molecule has 0 aromatic carbocycles. The molecule has 0 aromatic rings. The highest BCUT2D eigenvalue weighted by Gasteiger charge is 2.09. The largest absolute Gasteiger partial charge is 0.438 e. The SMILES string of the molecule is CCCCCCCCCCCCCCCOCC(C)OCOC(=O)CCCCCCC(=O)OCOC(C)COCCCCCCCCCCCCCCC. The van der Waals surface area contributed by atoms with Gasteiger partial charge in [0.05, 0.1) is 25.4 Å². The van der Waals surface area contributed by atoms with Crippen molar-refractivity contribution < 1.29 is 38.0 Å². The van der Waals surface area contributed by atoms with Crippen LogP contribution in [0.5, 0.6) is 0 Å². The van der Waals surface area contributed by atoms with Crippen molar-refractivity contribution in [2.24, 2.45) is 0 Å². The van der Waals surface area contributed by atoms with E-state index in [2.05, 4.69) is 13.8 Å². The summed E-state index contributed by atoms with van der Waals surface area (Å²) in [5.74, 6) is -0.511. The van der Waals surface area contributed by atoms with Crippen LogP contribution in [0.4, 0.5) is 0 Å². The number of carbonyl (C=O) groups is 2. The minimum absolute atomic E-state index is 0.0414. The Labute approximate surface area is 334 Å². The first-order valence-electron chi connectivity index (χ1n) is 23.2. The maximum absolute atomic E-state index is 12.0. The fourth-order valence-electron chi connectivity index (χ4n) is 6.51. The summed E-state index contributed by atoms with van der Waals surface area (Å²) < 4.78 is 33.1. The van der Waals surface area contributed by atoms with Gasteiger partial charge >= 0.3 is 11.9 Å². The molecule has 54 heavy (non-hydrogen) atoms. The van der Waals surface area contributed by atoms with Crippen LogP contribution in [-0.2, 0) is 38.0 Å². The van der Waals surface area contributed by atoms with E-state index in [4.69, 9.17) is 28.4 Å². The Morgan fingerprint density at radius 1 is 0.370 bits per heavy atom. The van der Waals surface area contributed by atoms with Crippen LogP contribution in [0.25, 0.3) is 0 Å². The van der Waals surface area contributed by atoms with E-state index in [1.165, 1.54) is 154 Å². The van der Waals surface area contributed by atoms with Gasteiger partial charge in [0.2, 0.25) is 0 Å². The van der Waals surface area contributed by atoms with Crippen LogP contribution in [0, 0.1) is 0 Å². The smallest absolute Gasteiger partial charge is 0.307 e. The number of unbranched alkanes of at least 4 members (excludes halogenated alkanes) is 27. The Hall–Kier alpha value is -1.22. The maximum Gasteiger partial charge on any atom is 0.307 e. The molecule has 0 aliphatic carbocycles. The van der Waals surface area contributed by atoms with Gasteiger partial charge in [-0.25, -0.2) is 0 Å². The second kappa shape index (κ2) is 44.5. The minimum atomic E-state index is -0.255. The van der Waals surface area contributed by atoms with Gasteiger partial charge < -0.3 is 28.4 Å². The van der Waals surface area contributed by atoms with Crippen molar-refractivity contribution >= 4 is 11.9 Å². The van der Waals surface area contributed by atoms with Crippen molar-refractivity contribution in [3.63, 3.8) is 0 Å². The summed E-state index contributed by atoms with van der Waals surface area (Å²) in [7, 11) is 0. The fourth-order valence-corrected chi connectivity index (χ4v) is 6.51. The lowest BCUT2D eigenvalue weighted by molar-refractivity contribution is -0.164. The summed E-state index contributed by atoms with van der Waals surface area (Å²) in [5, 5.41) is 0. The third-order valence-corrected chi connectivity index (χ3v) is 10.1. The van der Waals surface area contributed by atoms with E-state index in [-0.39, 0.29) is 37.7 Å². The molecular weight excluding hydrogens is 680 g/mol. The van der Waals surface area contributed by atoms with Gasteiger partial charge in [0, 0.05) is 26.1 Å². The van der Waals surface area contributed by atoms with Crippen LogP contribution >= 0.6 is 0 Å².